The van der Waals surface area contributed by atoms with E-state index in [4.69, 9.17) is 9.47 Å². The second kappa shape index (κ2) is 9.16. The number of amides is 1. The number of aromatic nitrogens is 1. The molecule has 1 amide bonds. The minimum Gasteiger partial charge on any atom is -0.413 e. The number of para-hydroxylation sites is 1. The topological polar surface area (TPSA) is 68.5 Å². The number of aryl methyl sites for hydroxylation is 1. The number of hydrogen-bond donors (Lipinski definition) is 1. The van der Waals surface area contributed by atoms with Crippen molar-refractivity contribution >= 4 is 12.1 Å². The molecule has 144 valence electrons. The summed E-state index contributed by atoms with van der Waals surface area (Å²) in [5.74, 6) is 0.605. The average Bonchev–Trinajstić information content (AvgIpc) is 2.61. The Bertz CT molecular complexity index is 789. The maximum atomic E-state index is 12.1. The van der Waals surface area contributed by atoms with E-state index in [1.165, 1.54) is 0 Å². The minimum absolute atomic E-state index is 0.199. The highest BCUT2D eigenvalue weighted by atomic mass is 16.7. The summed E-state index contributed by atoms with van der Waals surface area (Å²) in [6, 6.07) is 9.29. The second-order valence-electron chi connectivity index (χ2n) is 6.98. The van der Waals surface area contributed by atoms with E-state index in [9.17, 15) is 9.59 Å². The lowest BCUT2D eigenvalue weighted by atomic mass is 9.94. The van der Waals surface area contributed by atoms with Gasteiger partial charge in [-0.1, -0.05) is 45.9 Å². The van der Waals surface area contributed by atoms with Crippen molar-refractivity contribution in [2.45, 2.75) is 39.5 Å². The van der Waals surface area contributed by atoms with Crippen molar-refractivity contribution in [3.63, 3.8) is 0 Å². The third-order valence-electron chi connectivity index (χ3n) is 4.13. The Labute approximate surface area is 160 Å². The van der Waals surface area contributed by atoms with Crippen LogP contribution in [-0.2, 0) is 11.8 Å². The van der Waals surface area contributed by atoms with Gasteiger partial charge < -0.3 is 14.8 Å². The van der Waals surface area contributed by atoms with Crippen molar-refractivity contribution < 1.29 is 23.6 Å². The number of carbonyl (C=O) groups is 2. The molecule has 1 aromatic carbocycles. The number of nitrogens with one attached hydrogen (secondary N) is 1. The molecule has 0 saturated carbocycles. The highest BCUT2D eigenvalue weighted by molar-refractivity contribution is 5.93. The normalized spacial score (nSPS) is 10.8. The molecule has 2 aromatic rings. The van der Waals surface area contributed by atoms with E-state index in [2.05, 4.69) is 5.32 Å². The zero-order valence-corrected chi connectivity index (χ0v) is 16.5. The number of rotatable bonds is 6. The van der Waals surface area contributed by atoms with Crippen molar-refractivity contribution in [1.29, 1.82) is 0 Å². The maximum Gasteiger partial charge on any atom is 0.515 e. The zero-order valence-electron chi connectivity index (χ0n) is 16.5. The predicted octanol–water partition coefficient (Wildman–Crippen LogP) is 3.66. The van der Waals surface area contributed by atoms with Gasteiger partial charge in [0, 0.05) is 6.07 Å². The Morgan fingerprint density at radius 3 is 2.22 bits per heavy atom. The molecule has 0 aliphatic carbocycles. The smallest absolute Gasteiger partial charge is 0.413 e. The van der Waals surface area contributed by atoms with Gasteiger partial charge in [0.25, 0.3) is 5.91 Å². The summed E-state index contributed by atoms with van der Waals surface area (Å²) < 4.78 is 12.3. The Balaban J connectivity index is 1.99. The van der Waals surface area contributed by atoms with Gasteiger partial charge in [-0.25, -0.2) is 9.36 Å². The van der Waals surface area contributed by atoms with Crippen LogP contribution in [0.15, 0.2) is 42.7 Å². The van der Waals surface area contributed by atoms with Crippen LogP contribution >= 0.6 is 0 Å². The van der Waals surface area contributed by atoms with Gasteiger partial charge in [0.2, 0.25) is 0 Å². The summed E-state index contributed by atoms with van der Waals surface area (Å²) >= 11 is 0. The largest absolute Gasteiger partial charge is 0.515 e. The highest BCUT2D eigenvalue weighted by Crippen LogP contribution is 2.34. The van der Waals surface area contributed by atoms with E-state index in [0.717, 1.165) is 11.1 Å². The van der Waals surface area contributed by atoms with E-state index in [1.807, 2.05) is 59.1 Å². The van der Waals surface area contributed by atoms with Crippen molar-refractivity contribution in [3.05, 3.63) is 59.4 Å². The van der Waals surface area contributed by atoms with E-state index in [0.29, 0.717) is 11.3 Å². The summed E-state index contributed by atoms with van der Waals surface area (Å²) in [6.07, 6.45) is 2.66. The molecule has 0 fully saturated rings. The molecule has 0 radical (unpaired) electrons. The second-order valence-corrected chi connectivity index (χ2v) is 6.98. The molecule has 27 heavy (non-hydrogen) atoms. The quantitative estimate of drug-likeness (QED) is 0.364. The van der Waals surface area contributed by atoms with Crippen LogP contribution in [0.1, 0.15) is 61.0 Å². The Morgan fingerprint density at radius 2 is 1.67 bits per heavy atom. The zero-order chi connectivity index (χ0) is 20.0. The minimum atomic E-state index is -0.844. The first-order chi connectivity index (χ1) is 12.8. The van der Waals surface area contributed by atoms with Crippen LogP contribution in [0.5, 0.6) is 5.75 Å². The third kappa shape index (κ3) is 5.54. The molecule has 0 unspecified atom stereocenters. The van der Waals surface area contributed by atoms with Gasteiger partial charge in [0.15, 0.2) is 19.1 Å². The van der Waals surface area contributed by atoms with E-state index in [1.54, 1.807) is 22.9 Å². The summed E-state index contributed by atoms with van der Waals surface area (Å²) in [4.78, 5) is 24.2. The first-order valence-corrected chi connectivity index (χ1v) is 9.00. The van der Waals surface area contributed by atoms with Crippen molar-refractivity contribution in [1.82, 2.24) is 5.32 Å². The van der Waals surface area contributed by atoms with Crippen LogP contribution in [0, 0.1) is 0 Å². The molecule has 0 bridgehead atoms. The molecule has 2 rings (SSSR count). The lowest BCUT2D eigenvalue weighted by molar-refractivity contribution is -0.671. The average molecular weight is 371 g/mol. The number of pyridine rings is 1. The van der Waals surface area contributed by atoms with Crippen molar-refractivity contribution in [2.75, 3.05) is 6.73 Å². The summed E-state index contributed by atoms with van der Waals surface area (Å²) in [5, 5.41) is 2.54. The van der Waals surface area contributed by atoms with E-state index < -0.39 is 6.16 Å². The molecule has 0 aliphatic rings. The fourth-order valence-electron chi connectivity index (χ4n) is 2.70. The summed E-state index contributed by atoms with van der Waals surface area (Å²) in [5.41, 5.74) is 2.36. The highest BCUT2D eigenvalue weighted by Gasteiger charge is 2.19. The summed E-state index contributed by atoms with van der Waals surface area (Å²) in [6.45, 7) is 7.89. The SMILES string of the molecule is CC(C)c1cccc(C(C)C)c1OC(=O)OCNC(=O)c1ccc[n+](C)c1. The Kier molecular flexibility index (Phi) is 6.93. The molecule has 1 N–H and O–H groups in total. The molecule has 1 heterocycles. The number of ether oxygens (including phenoxy) is 2. The molecule has 6 nitrogen and oxygen atoms in total. The number of hydrogen-bond acceptors (Lipinski definition) is 4. The van der Waals surface area contributed by atoms with Crippen LogP contribution in [-0.4, -0.2) is 18.8 Å². The molecule has 0 saturated heterocycles. The lowest BCUT2D eigenvalue weighted by Gasteiger charge is -2.18. The van der Waals surface area contributed by atoms with Gasteiger partial charge in [-0.3, -0.25) is 4.79 Å². The third-order valence-corrected chi connectivity index (χ3v) is 4.13. The van der Waals surface area contributed by atoms with E-state index >= 15 is 0 Å². The van der Waals surface area contributed by atoms with Crippen LogP contribution in [0.4, 0.5) is 4.79 Å². The fourth-order valence-corrected chi connectivity index (χ4v) is 2.70. The van der Waals surface area contributed by atoms with Crippen molar-refractivity contribution in [2.24, 2.45) is 7.05 Å². The number of nitrogens with zero attached hydrogens (tertiary/aromatic N) is 1. The van der Waals surface area contributed by atoms with Gasteiger partial charge in [-0.15, -0.1) is 0 Å². The summed E-state index contributed by atoms with van der Waals surface area (Å²) in [7, 11) is 1.82. The van der Waals surface area contributed by atoms with Gasteiger partial charge in [-0.2, -0.15) is 0 Å². The monoisotopic (exact) mass is 371 g/mol. The van der Waals surface area contributed by atoms with Crippen LogP contribution < -0.4 is 14.6 Å². The number of carbonyl (C=O) groups excluding carboxylic acids is 2. The van der Waals surface area contributed by atoms with E-state index in [-0.39, 0.29) is 24.5 Å². The molecular weight excluding hydrogens is 344 g/mol. The van der Waals surface area contributed by atoms with Crippen LogP contribution in [0.2, 0.25) is 0 Å². The Morgan fingerprint density at radius 1 is 1.04 bits per heavy atom. The Hall–Kier alpha value is -2.89. The molecular formula is C21H27N2O4+. The van der Waals surface area contributed by atoms with Crippen molar-refractivity contribution in [3.8, 4) is 5.75 Å². The van der Waals surface area contributed by atoms with Gasteiger partial charge in [0.1, 0.15) is 18.4 Å². The fraction of sp³-hybridized carbons (Fsp3) is 0.381. The van der Waals surface area contributed by atoms with Crippen LogP contribution in [0.25, 0.3) is 0 Å². The first-order valence-electron chi connectivity index (χ1n) is 9.00. The lowest BCUT2D eigenvalue weighted by Crippen LogP contribution is -2.33. The molecule has 0 aliphatic heterocycles. The van der Waals surface area contributed by atoms with Crippen LogP contribution in [0.3, 0.4) is 0 Å². The maximum absolute atomic E-state index is 12.1. The molecule has 1 aromatic heterocycles. The molecule has 0 atom stereocenters. The molecule has 6 heteroatoms. The number of benzene rings is 1. The first kappa shape index (κ1) is 20.4. The molecule has 0 spiro atoms. The van der Waals surface area contributed by atoms with Gasteiger partial charge >= 0.3 is 6.16 Å². The van der Waals surface area contributed by atoms with Gasteiger partial charge in [-0.05, 0) is 29.0 Å². The predicted molar refractivity (Wildman–Crippen MR) is 102 cm³/mol. The van der Waals surface area contributed by atoms with Gasteiger partial charge in [0.05, 0.1) is 0 Å². The standard InChI is InChI=1S/C21H26N2O4/c1-14(2)17-9-6-10-18(15(3)4)19(17)27-21(25)26-13-22-20(24)16-8-7-11-23(5)12-16/h6-12,14-15H,13H2,1-5H3/p+1.